The van der Waals surface area contributed by atoms with Crippen molar-refractivity contribution in [1.82, 2.24) is 4.90 Å². The fourth-order valence-electron chi connectivity index (χ4n) is 3.92. The average molecular weight is 237 g/mol. The summed E-state index contributed by atoms with van der Waals surface area (Å²) in [5.74, 6) is 1.01. The maximum atomic E-state index is 2.87. The molecule has 1 heterocycles. The summed E-state index contributed by atoms with van der Waals surface area (Å²) in [6.07, 6.45) is 13.1. The highest BCUT2D eigenvalue weighted by Gasteiger charge is 2.37. The molecule has 1 saturated heterocycles. The van der Waals surface area contributed by atoms with E-state index in [4.69, 9.17) is 0 Å². The van der Waals surface area contributed by atoms with Gasteiger partial charge >= 0.3 is 0 Å². The van der Waals surface area contributed by atoms with Crippen LogP contribution in [0, 0.1) is 5.92 Å². The molecule has 0 aromatic rings. The van der Waals surface area contributed by atoms with E-state index in [1.165, 1.54) is 64.3 Å². The summed E-state index contributed by atoms with van der Waals surface area (Å²) in [7, 11) is 0. The van der Waals surface area contributed by atoms with Gasteiger partial charge in [-0.2, -0.15) is 0 Å². The van der Waals surface area contributed by atoms with Gasteiger partial charge in [0.1, 0.15) is 0 Å². The summed E-state index contributed by atoms with van der Waals surface area (Å²) in [4.78, 5) is 2.87. The molecule has 2 fully saturated rings. The minimum absolute atomic E-state index is 0.419. The maximum absolute atomic E-state index is 2.87. The summed E-state index contributed by atoms with van der Waals surface area (Å²) in [6.45, 7) is 8.61. The molecule has 0 radical (unpaired) electrons. The van der Waals surface area contributed by atoms with Gasteiger partial charge in [0.05, 0.1) is 0 Å². The standard InChI is InChI=1S/C16H31N/c1-4-16(2,3)17-13-9-8-12-15(17)14-10-6-5-7-11-14/h14-15H,4-13H2,1-3H3/t15-/m0/s1. The van der Waals surface area contributed by atoms with E-state index in [1.807, 2.05) is 0 Å². The lowest BCUT2D eigenvalue weighted by molar-refractivity contribution is -0.000573. The molecular weight excluding hydrogens is 206 g/mol. The van der Waals surface area contributed by atoms with E-state index < -0.39 is 0 Å². The van der Waals surface area contributed by atoms with Crippen molar-refractivity contribution in [2.45, 2.75) is 90.1 Å². The van der Waals surface area contributed by atoms with E-state index in [0.29, 0.717) is 5.54 Å². The van der Waals surface area contributed by atoms with E-state index in [1.54, 1.807) is 0 Å². The molecule has 2 aliphatic rings. The van der Waals surface area contributed by atoms with E-state index in [9.17, 15) is 0 Å². The monoisotopic (exact) mass is 237 g/mol. The van der Waals surface area contributed by atoms with Gasteiger partial charge in [-0.15, -0.1) is 0 Å². The van der Waals surface area contributed by atoms with Gasteiger partial charge in [0.15, 0.2) is 0 Å². The zero-order valence-electron chi connectivity index (χ0n) is 12.2. The zero-order chi connectivity index (χ0) is 12.3. The van der Waals surface area contributed by atoms with Crippen molar-refractivity contribution in [1.29, 1.82) is 0 Å². The van der Waals surface area contributed by atoms with Crippen LogP contribution >= 0.6 is 0 Å². The number of nitrogens with zero attached hydrogens (tertiary/aromatic N) is 1. The third kappa shape index (κ3) is 3.05. The van der Waals surface area contributed by atoms with Gasteiger partial charge in [-0.3, -0.25) is 4.90 Å². The molecule has 1 aliphatic heterocycles. The van der Waals surface area contributed by atoms with Crippen LogP contribution in [0.15, 0.2) is 0 Å². The van der Waals surface area contributed by atoms with Gasteiger partial charge in [-0.1, -0.05) is 32.6 Å². The molecule has 0 aromatic heterocycles. The van der Waals surface area contributed by atoms with Crippen LogP contribution in [0.1, 0.15) is 78.6 Å². The van der Waals surface area contributed by atoms with Crippen LogP contribution < -0.4 is 0 Å². The predicted molar refractivity (Wildman–Crippen MR) is 75.3 cm³/mol. The van der Waals surface area contributed by atoms with E-state index in [2.05, 4.69) is 25.7 Å². The topological polar surface area (TPSA) is 3.24 Å². The van der Waals surface area contributed by atoms with Gasteiger partial charge in [0.2, 0.25) is 0 Å². The largest absolute Gasteiger partial charge is 0.295 e. The average Bonchev–Trinajstić information content (AvgIpc) is 2.40. The minimum atomic E-state index is 0.419. The fourth-order valence-corrected chi connectivity index (χ4v) is 3.92. The van der Waals surface area contributed by atoms with Crippen LogP contribution in [0.3, 0.4) is 0 Å². The first-order chi connectivity index (χ1) is 8.15. The SMILES string of the molecule is CCC(C)(C)N1CCCC[C@H]1C1CCCCC1. The Morgan fingerprint density at radius 2 is 1.59 bits per heavy atom. The van der Waals surface area contributed by atoms with Gasteiger partial charge in [0.25, 0.3) is 0 Å². The molecule has 2 rings (SSSR count). The summed E-state index contributed by atoms with van der Waals surface area (Å²) in [5, 5.41) is 0. The molecule has 0 N–H and O–H groups in total. The number of piperidine rings is 1. The number of hydrogen-bond donors (Lipinski definition) is 0. The smallest absolute Gasteiger partial charge is 0.0153 e. The quantitative estimate of drug-likeness (QED) is 0.693. The molecule has 1 saturated carbocycles. The highest BCUT2D eigenvalue weighted by Crippen LogP contribution is 2.37. The van der Waals surface area contributed by atoms with Crippen LogP contribution in [0.4, 0.5) is 0 Å². The van der Waals surface area contributed by atoms with Crippen molar-refractivity contribution >= 4 is 0 Å². The molecule has 17 heavy (non-hydrogen) atoms. The lowest BCUT2D eigenvalue weighted by Crippen LogP contribution is -2.54. The van der Waals surface area contributed by atoms with Crippen LogP contribution in [0.2, 0.25) is 0 Å². The van der Waals surface area contributed by atoms with Crippen LogP contribution in [-0.2, 0) is 0 Å². The second kappa shape index (κ2) is 5.73. The first kappa shape index (κ1) is 13.4. The Balaban J connectivity index is 2.05. The summed E-state index contributed by atoms with van der Waals surface area (Å²) >= 11 is 0. The van der Waals surface area contributed by atoms with Crippen LogP contribution in [0.5, 0.6) is 0 Å². The Bertz CT molecular complexity index is 228. The Morgan fingerprint density at radius 3 is 2.24 bits per heavy atom. The van der Waals surface area contributed by atoms with Gasteiger partial charge in [0, 0.05) is 11.6 Å². The fraction of sp³-hybridized carbons (Fsp3) is 1.00. The van der Waals surface area contributed by atoms with Crippen molar-refractivity contribution in [2.75, 3.05) is 6.54 Å². The molecule has 1 atom stereocenters. The van der Waals surface area contributed by atoms with Crippen LogP contribution in [-0.4, -0.2) is 23.0 Å². The molecule has 0 aromatic carbocycles. The highest BCUT2D eigenvalue weighted by molar-refractivity contribution is 4.92. The van der Waals surface area contributed by atoms with E-state index in [-0.39, 0.29) is 0 Å². The maximum Gasteiger partial charge on any atom is 0.0153 e. The van der Waals surface area contributed by atoms with Crippen molar-refractivity contribution < 1.29 is 0 Å². The van der Waals surface area contributed by atoms with Crippen molar-refractivity contribution in [3.05, 3.63) is 0 Å². The Kier molecular flexibility index (Phi) is 4.52. The van der Waals surface area contributed by atoms with E-state index >= 15 is 0 Å². The normalized spacial score (nSPS) is 29.5. The van der Waals surface area contributed by atoms with E-state index in [0.717, 1.165) is 12.0 Å². The highest BCUT2D eigenvalue weighted by atomic mass is 15.2. The molecule has 0 spiro atoms. The first-order valence-electron chi connectivity index (χ1n) is 7.92. The second-order valence-corrected chi connectivity index (χ2v) is 6.82. The number of likely N-dealkylation sites (tertiary alicyclic amines) is 1. The number of rotatable bonds is 3. The van der Waals surface area contributed by atoms with Crippen LogP contribution in [0.25, 0.3) is 0 Å². The van der Waals surface area contributed by atoms with Gasteiger partial charge in [-0.25, -0.2) is 0 Å². The molecule has 1 heteroatoms. The molecular formula is C16H31N. The minimum Gasteiger partial charge on any atom is -0.295 e. The van der Waals surface area contributed by atoms with Gasteiger partial charge < -0.3 is 0 Å². The Labute approximate surface area is 108 Å². The Hall–Kier alpha value is -0.0400. The van der Waals surface area contributed by atoms with Crippen molar-refractivity contribution in [3.8, 4) is 0 Å². The summed E-state index contributed by atoms with van der Waals surface area (Å²) in [6, 6.07) is 0.902. The lowest BCUT2D eigenvalue weighted by Gasteiger charge is -2.49. The molecule has 0 amide bonds. The van der Waals surface area contributed by atoms with Crippen molar-refractivity contribution in [2.24, 2.45) is 5.92 Å². The third-order valence-electron chi connectivity index (χ3n) is 5.39. The molecule has 1 aliphatic carbocycles. The predicted octanol–water partition coefficient (Wildman–Crippen LogP) is 4.61. The molecule has 100 valence electrons. The molecule has 1 nitrogen and oxygen atoms in total. The Morgan fingerprint density at radius 1 is 0.941 bits per heavy atom. The molecule has 0 bridgehead atoms. The molecule has 0 unspecified atom stereocenters. The first-order valence-corrected chi connectivity index (χ1v) is 7.92. The number of hydrogen-bond acceptors (Lipinski definition) is 1. The zero-order valence-corrected chi connectivity index (χ0v) is 12.2. The third-order valence-corrected chi connectivity index (χ3v) is 5.39. The van der Waals surface area contributed by atoms with Crippen molar-refractivity contribution in [3.63, 3.8) is 0 Å². The lowest BCUT2D eigenvalue weighted by atomic mass is 9.78. The second-order valence-electron chi connectivity index (χ2n) is 6.82. The summed E-state index contributed by atoms with van der Waals surface area (Å²) in [5.41, 5.74) is 0.419. The van der Waals surface area contributed by atoms with Gasteiger partial charge in [-0.05, 0) is 58.4 Å². The summed E-state index contributed by atoms with van der Waals surface area (Å²) < 4.78 is 0.